The molecule has 0 saturated carbocycles. The molecule has 0 aliphatic carbocycles. The predicted molar refractivity (Wildman–Crippen MR) is 48.3 cm³/mol. The van der Waals surface area contributed by atoms with Crippen molar-refractivity contribution in [2.45, 2.75) is 20.5 Å². The fourth-order valence-electron chi connectivity index (χ4n) is 1.01. The van der Waals surface area contributed by atoms with Crippen LogP contribution in [0.4, 0.5) is 0 Å². The van der Waals surface area contributed by atoms with Gasteiger partial charge in [-0.05, 0) is 24.1 Å². The van der Waals surface area contributed by atoms with Crippen molar-refractivity contribution in [3.8, 4) is 5.75 Å². The van der Waals surface area contributed by atoms with Crippen LogP contribution in [0.5, 0.6) is 5.75 Å². The zero-order valence-electron chi connectivity index (χ0n) is 7.70. The first-order valence-electron chi connectivity index (χ1n) is 4.02. The van der Waals surface area contributed by atoms with Gasteiger partial charge in [-0.2, -0.15) is 0 Å². The molecular weight excluding hydrogens is 168 g/mol. The summed E-state index contributed by atoms with van der Waals surface area (Å²) in [6, 6.07) is 5.14. The van der Waals surface area contributed by atoms with Gasteiger partial charge in [0.1, 0.15) is 12.4 Å². The van der Waals surface area contributed by atoms with E-state index >= 15 is 0 Å². The van der Waals surface area contributed by atoms with Crippen LogP contribution < -0.4 is 0 Å². The summed E-state index contributed by atoms with van der Waals surface area (Å²) >= 11 is 0. The van der Waals surface area contributed by atoms with Gasteiger partial charge in [-0.3, -0.25) is 4.79 Å². The Morgan fingerprint density at radius 1 is 1.54 bits per heavy atom. The summed E-state index contributed by atoms with van der Waals surface area (Å²) in [5.74, 6) is -0.0904. The maximum absolute atomic E-state index is 10.5. The highest BCUT2D eigenvalue weighted by atomic mass is 16.5. The fourth-order valence-corrected chi connectivity index (χ4v) is 1.01. The molecule has 0 radical (unpaired) electrons. The average Bonchev–Trinajstić information content (AvgIpc) is 2.07. The van der Waals surface area contributed by atoms with Crippen molar-refractivity contribution in [3.05, 3.63) is 29.3 Å². The first kappa shape index (κ1) is 9.58. The van der Waals surface area contributed by atoms with E-state index in [1.807, 2.05) is 6.07 Å². The average molecular weight is 180 g/mol. The molecule has 0 saturated heterocycles. The fraction of sp³-hybridized carbons (Fsp3) is 0.300. The van der Waals surface area contributed by atoms with E-state index < -0.39 is 0 Å². The number of ether oxygens (including phenoxy) is 1. The van der Waals surface area contributed by atoms with E-state index in [1.165, 1.54) is 6.92 Å². The molecule has 0 aromatic heterocycles. The highest BCUT2D eigenvalue weighted by molar-refractivity contribution is 5.66. The van der Waals surface area contributed by atoms with E-state index in [1.54, 1.807) is 19.1 Å². The maximum Gasteiger partial charge on any atom is 0.302 e. The second-order valence-corrected chi connectivity index (χ2v) is 2.84. The number of benzene rings is 1. The maximum atomic E-state index is 10.5. The van der Waals surface area contributed by atoms with Crippen molar-refractivity contribution >= 4 is 5.97 Å². The number of phenols is 1. The number of esters is 1. The van der Waals surface area contributed by atoms with Gasteiger partial charge in [-0.15, -0.1) is 0 Å². The summed E-state index contributed by atoms with van der Waals surface area (Å²) in [5, 5.41) is 9.32. The first-order valence-corrected chi connectivity index (χ1v) is 4.02. The molecule has 3 heteroatoms. The first-order chi connectivity index (χ1) is 6.11. The van der Waals surface area contributed by atoms with Crippen LogP contribution in [0, 0.1) is 6.92 Å². The van der Waals surface area contributed by atoms with Crippen molar-refractivity contribution in [3.63, 3.8) is 0 Å². The van der Waals surface area contributed by atoms with Crippen LogP contribution in [0.15, 0.2) is 18.2 Å². The summed E-state index contributed by atoms with van der Waals surface area (Å²) in [7, 11) is 0. The van der Waals surface area contributed by atoms with Crippen LogP contribution in [0.1, 0.15) is 18.1 Å². The summed E-state index contributed by atoms with van der Waals surface area (Å²) in [5.41, 5.74) is 1.58. The van der Waals surface area contributed by atoms with Gasteiger partial charge in [0.05, 0.1) is 0 Å². The Balaban J connectivity index is 2.77. The lowest BCUT2D eigenvalue weighted by Gasteiger charge is -2.06. The van der Waals surface area contributed by atoms with E-state index in [2.05, 4.69) is 0 Å². The largest absolute Gasteiger partial charge is 0.508 e. The van der Waals surface area contributed by atoms with Gasteiger partial charge in [0.15, 0.2) is 0 Å². The Hall–Kier alpha value is -1.51. The van der Waals surface area contributed by atoms with Gasteiger partial charge < -0.3 is 9.84 Å². The topological polar surface area (TPSA) is 46.5 Å². The monoisotopic (exact) mass is 180 g/mol. The van der Waals surface area contributed by atoms with Crippen molar-refractivity contribution in [1.29, 1.82) is 0 Å². The number of carbonyl (C=O) groups excluding carboxylic acids is 1. The van der Waals surface area contributed by atoms with Gasteiger partial charge in [0.2, 0.25) is 0 Å². The predicted octanol–water partition coefficient (Wildman–Crippen LogP) is 1.76. The number of hydrogen-bond donors (Lipinski definition) is 1. The molecule has 0 amide bonds. The van der Waals surface area contributed by atoms with E-state index in [0.717, 1.165) is 11.1 Å². The molecule has 0 bridgehead atoms. The smallest absolute Gasteiger partial charge is 0.302 e. The van der Waals surface area contributed by atoms with Gasteiger partial charge in [-0.25, -0.2) is 0 Å². The van der Waals surface area contributed by atoms with Crippen LogP contribution in [0.25, 0.3) is 0 Å². The second-order valence-electron chi connectivity index (χ2n) is 2.84. The van der Waals surface area contributed by atoms with E-state index in [0.29, 0.717) is 0 Å². The Morgan fingerprint density at radius 2 is 2.23 bits per heavy atom. The van der Waals surface area contributed by atoms with Crippen molar-refractivity contribution in [2.24, 2.45) is 0 Å². The standard InChI is InChI=1S/C10H12O3/c1-7-9(6-13-8(2)11)4-3-5-10(7)12/h3-5,12H,6H2,1-2H3. The number of aromatic hydroxyl groups is 1. The van der Waals surface area contributed by atoms with Crippen LogP contribution in [0.2, 0.25) is 0 Å². The van der Waals surface area contributed by atoms with Crippen molar-refractivity contribution < 1.29 is 14.6 Å². The molecule has 1 aromatic carbocycles. The van der Waals surface area contributed by atoms with Crippen LogP contribution in [0.3, 0.4) is 0 Å². The molecule has 0 spiro atoms. The van der Waals surface area contributed by atoms with Gasteiger partial charge in [0, 0.05) is 6.92 Å². The van der Waals surface area contributed by atoms with E-state index in [-0.39, 0.29) is 18.3 Å². The molecule has 0 aliphatic heterocycles. The van der Waals surface area contributed by atoms with Crippen LogP contribution in [-0.2, 0) is 16.1 Å². The number of phenolic OH excluding ortho intramolecular Hbond substituents is 1. The molecule has 1 N–H and O–H groups in total. The summed E-state index contributed by atoms with van der Waals surface area (Å²) in [6.45, 7) is 3.36. The Morgan fingerprint density at radius 3 is 2.85 bits per heavy atom. The minimum Gasteiger partial charge on any atom is -0.508 e. The highest BCUT2D eigenvalue weighted by Crippen LogP contribution is 2.19. The third-order valence-corrected chi connectivity index (χ3v) is 1.85. The molecule has 0 fully saturated rings. The lowest BCUT2D eigenvalue weighted by Crippen LogP contribution is -2.00. The summed E-state index contributed by atoms with van der Waals surface area (Å²) in [4.78, 5) is 10.5. The minimum absolute atomic E-state index is 0.218. The molecule has 1 rings (SSSR count). The Kier molecular flexibility index (Phi) is 2.90. The van der Waals surface area contributed by atoms with Gasteiger partial charge in [-0.1, -0.05) is 12.1 Å². The molecular formula is C10H12O3. The molecule has 0 unspecified atom stereocenters. The molecule has 0 heterocycles. The number of rotatable bonds is 2. The Labute approximate surface area is 77.0 Å². The van der Waals surface area contributed by atoms with Crippen molar-refractivity contribution in [1.82, 2.24) is 0 Å². The zero-order valence-corrected chi connectivity index (χ0v) is 7.70. The molecule has 1 aromatic rings. The molecule has 13 heavy (non-hydrogen) atoms. The third-order valence-electron chi connectivity index (χ3n) is 1.85. The number of carbonyl (C=O) groups is 1. The second kappa shape index (κ2) is 3.94. The summed E-state index contributed by atoms with van der Waals surface area (Å²) in [6.07, 6.45) is 0. The molecule has 70 valence electrons. The minimum atomic E-state index is -0.317. The molecule has 0 aliphatic rings. The molecule has 3 nitrogen and oxygen atoms in total. The Bertz CT molecular complexity index is 318. The quantitative estimate of drug-likeness (QED) is 0.705. The highest BCUT2D eigenvalue weighted by Gasteiger charge is 2.03. The lowest BCUT2D eigenvalue weighted by molar-refractivity contribution is -0.142. The van der Waals surface area contributed by atoms with Gasteiger partial charge in [0.25, 0.3) is 0 Å². The lowest BCUT2D eigenvalue weighted by atomic mass is 10.1. The molecule has 0 atom stereocenters. The van der Waals surface area contributed by atoms with Crippen LogP contribution in [-0.4, -0.2) is 11.1 Å². The number of hydrogen-bond acceptors (Lipinski definition) is 3. The summed E-state index contributed by atoms with van der Waals surface area (Å²) < 4.78 is 4.81. The van der Waals surface area contributed by atoms with E-state index in [4.69, 9.17) is 4.74 Å². The zero-order chi connectivity index (χ0) is 9.84. The van der Waals surface area contributed by atoms with E-state index in [9.17, 15) is 9.90 Å². The SMILES string of the molecule is CC(=O)OCc1cccc(O)c1C. The third kappa shape index (κ3) is 2.47. The van der Waals surface area contributed by atoms with Crippen molar-refractivity contribution in [2.75, 3.05) is 0 Å². The van der Waals surface area contributed by atoms with Gasteiger partial charge >= 0.3 is 5.97 Å². The normalized spacial score (nSPS) is 9.69. The van der Waals surface area contributed by atoms with Crippen LogP contribution >= 0.6 is 0 Å².